The molecule has 1 fully saturated rings. The number of guanidine groups is 1. The smallest absolute Gasteiger partial charge is 0.191 e. The van der Waals surface area contributed by atoms with Gasteiger partial charge in [0, 0.05) is 30.3 Å². The first-order valence-electron chi connectivity index (χ1n) is 7.70. The number of aliphatic imine (C=N–C) groups is 1. The van der Waals surface area contributed by atoms with Crippen LogP contribution in [0, 0.1) is 0 Å². The third kappa shape index (κ3) is 5.50. The number of benzene rings is 1. The number of nitrogens with one attached hydrogen (secondary N) is 2. The van der Waals surface area contributed by atoms with E-state index in [1.54, 1.807) is 7.05 Å². The number of rotatable bonds is 5. The first-order valence-corrected chi connectivity index (χ1v) is 9.02. The fourth-order valence-corrected chi connectivity index (χ4v) is 3.57. The van der Waals surface area contributed by atoms with Crippen LogP contribution in [0.25, 0.3) is 0 Å². The average Bonchev–Trinajstić information content (AvgIpc) is 2.55. The van der Waals surface area contributed by atoms with Crippen LogP contribution in [0.4, 0.5) is 0 Å². The van der Waals surface area contributed by atoms with Crippen molar-refractivity contribution in [2.24, 2.45) is 4.99 Å². The zero-order valence-electron chi connectivity index (χ0n) is 12.7. The van der Waals surface area contributed by atoms with Crippen molar-refractivity contribution in [1.82, 2.24) is 10.6 Å². The van der Waals surface area contributed by atoms with Gasteiger partial charge in [0.2, 0.25) is 0 Å². The predicted molar refractivity (Wildman–Crippen MR) is 89.1 cm³/mol. The van der Waals surface area contributed by atoms with Crippen LogP contribution in [0.3, 0.4) is 0 Å². The Morgan fingerprint density at radius 2 is 1.95 bits per heavy atom. The molecule has 5 heteroatoms. The first-order chi connectivity index (χ1) is 10.3. The lowest BCUT2D eigenvalue weighted by Crippen LogP contribution is -2.45. The molecule has 4 nitrogen and oxygen atoms in total. The lowest BCUT2D eigenvalue weighted by molar-refractivity contribution is 0.410. The average molecular weight is 307 g/mol. The highest BCUT2D eigenvalue weighted by Gasteiger charge is 2.14. The molecule has 1 saturated carbocycles. The van der Waals surface area contributed by atoms with Crippen molar-refractivity contribution < 1.29 is 4.21 Å². The van der Waals surface area contributed by atoms with Crippen molar-refractivity contribution in [3.8, 4) is 0 Å². The first kappa shape index (κ1) is 16.0. The van der Waals surface area contributed by atoms with Crippen molar-refractivity contribution in [1.29, 1.82) is 0 Å². The molecule has 1 aromatic carbocycles. The second-order valence-electron chi connectivity index (χ2n) is 5.34. The van der Waals surface area contributed by atoms with Crippen LogP contribution in [0.2, 0.25) is 0 Å². The van der Waals surface area contributed by atoms with Gasteiger partial charge in [0.25, 0.3) is 0 Å². The van der Waals surface area contributed by atoms with E-state index in [0.29, 0.717) is 18.3 Å². The van der Waals surface area contributed by atoms with Crippen LogP contribution in [-0.2, 0) is 10.8 Å². The van der Waals surface area contributed by atoms with Gasteiger partial charge in [-0.3, -0.25) is 9.20 Å². The van der Waals surface area contributed by atoms with Gasteiger partial charge in [0.1, 0.15) is 0 Å². The van der Waals surface area contributed by atoms with E-state index >= 15 is 0 Å². The molecule has 2 rings (SSSR count). The Hall–Kier alpha value is -1.36. The van der Waals surface area contributed by atoms with Crippen LogP contribution in [0.5, 0.6) is 0 Å². The molecule has 1 aliphatic rings. The number of nitrogens with zero attached hydrogens (tertiary/aromatic N) is 1. The summed E-state index contributed by atoms with van der Waals surface area (Å²) in [5.74, 6) is 1.42. The standard InChI is InChI=1S/C16H25N3OS/c1-17-16(19-14-8-4-2-5-9-14)18-12-13-21(20)15-10-6-3-7-11-15/h3,6-7,10-11,14H,2,4-5,8-9,12-13H2,1H3,(H2,17,18,19). The molecule has 0 aromatic heterocycles. The summed E-state index contributed by atoms with van der Waals surface area (Å²) in [6, 6.07) is 10.1. The Morgan fingerprint density at radius 3 is 2.62 bits per heavy atom. The molecule has 0 aliphatic heterocycles. The van der Waals surface area contributed by atoms with Crippen LogP contribution < -0.4 is 10.6 Å². The van der Waals surface area contributed by atoms with E-state index in [-0.39, 0.29) is 0 Å². The SMILES string of the molecule is CN=C(NCCS(=O)c1ccccc1)NC1CCCCC1. The van der Waals surface area contributed by atoms with Gasteiger partial charge in [-0.25, -0.2) is 0 Å². The van der Waals surface area contributed by atoms with Crippen LogP contribution in [0.15, 0.2) is 40.2 Å². The Morgan fingerprint density at radius 1 is 1.24 bits per heavy atom. The van der Waals surface area contributed by atoms with E-state index in [4.69, 9.17) is 0 Å². The Bertz CT molecular complexity index is 470. The topological polar surface area (TPSA) is 53.5 Å². The summed E-state index contributed by atoms with van der Waals surface area (Å²) in [4.78, 5) is 5.13. The maximum atomic E-state index is 12.1. The second-order valence-corrected chi connectivity index (χ2v) is 6.91. The molecule has 116 valence electrons. The van der Waals surface area contributed by atoms with E-state index in [9.17, 15) is 4.21 Å². The quantitative estimate of drug-likeness (QED) is 0.648. The zero-order valence-corrected chi connectivity index (χ0v) is 13.5. The molecule has 0 bridgehead atoms. The monoisotopic (exact) mass is 307 g/mol. The van der Waals surface area contributed by atoms with E-state index in [2.05, 4.69) is 15.6 Å². The van der Waals surface area contributed by atoms with Crippen LogP contribution in [0.1, 0.15) is 32.1 Å². The Labute approximate surface area is 129 Å². The van der Waals surface area contributed by atoms with Crippen molar-refractivity contribution in [3.05, 3.63) is 30.3 Å². The van der Waals surface area contributed by atoms with Crippen molar-refractivity contribution in [3.63, 3.8) is 0 Å². The summed E-state index contributed by atoms with van der Waals surface area (Å²) in [6.07, 6.45) is 6.38. The highest BCUT2D eigenvalue weighted by Crippen LogP contribution is 2.17. The molecule has 2 N–H and O–H groups in total. The van der Waals surface area contributed by atoms with E-state index in [1.165, 1.54) is 32.1 Å². The lowest BCUT2D eigenvalue weighted by atomic mass is 9.96. The minimum atomic E-state index is -0.954. The Balaban J connectivity index is 1.72. The molecular weight excluding hydrogens is 282 g/mol. The van der Waals surface area contributed by atoms with Crippen molar-refractivity contribution in [2.45, 2.75) is 43.0 Å². The van der Waals surface area contributed by atoms with Crippen molar-refractivity contribution in [2.75, 3.05) is 19.3 Å². The minimum absolute atomic E-state index is 0.532. The summed E-state index contributed by atoms with van der Waals surface area (Å²) in [7, 11) is 0.830. The molecule has 1 atom stereocenters. The third-order valence-electron chi connectivity index (χ3n) is 3.76. The number of hydrogen-bond donors (Lipinski definition) is 2. The molecule has 0 radical (unpaired) electrons. The maximum Gasteiger partial charge on any atom is 0.191 e. The molecule has 0 spiro atoms. The molecule has 1 aliphatic carbocycles. The van der Waals surface area contributed by atoms with Crippen LogP contribution >= 0.6 is 0 Å². The molecule has 0 heterocycles. The highest BCUT2D eigenvalue weighted by molar-refractivity contribution is 7.85. The van der Waals surface area contributed by atoms with Gasteiger partial charge in [-0.2, -0.15) is 0 Å². The van der Waals surface area contributed by atoms with Gasteiger partial charge in [0.05, 0.1) is 10.8 Å². The summed E-state index contributed by atoms with van der Waals surface area (Å²) in [5, 5.41) is 6.72. The fraction of sp³-hybridized carbons (Fsp3) is 0.562. The summed E-state index contributed by atoms with van der Waals surface area (Å²) in [5.41, 5.74) is 0. The van der Waals surface area contributed by atoms with Gasteiger partial charge in [-0.1, -0.05) is 37.5 Å². The fourth-order valence-electron chi connectivity index (χ4n) is 2.59. The minimum Gasteiger partial charge on any atom is -0.355 e. The summed E-state index contributed by atoms with van der Waals surface area (Å²) in [6.45, 7) is 0.661. The van der Waals surface area contributed by atoms with E-state index in [1.807, 2.05) is 30.3 Å². The molecule has 1 aromatic rings. The Kier molecular flexibility index (Phi) is 6.73. The maximum absolute atomic E-state index is 12.1. The third-order valence-corrected chi connectivity index (χ3v) is 5.13. The predicted octanol–water partition coefficient (Wildman–Crippen LogP) is 2.29. The van der Waals surface area contributed by atoms with Gasteiger partial charge in [-0.15, -0.1) is 0 Å². The summed E-state index contributed by atoms with van der Waals surface area (Å²) < 4.78 is 12.1. The number of hydrogen-bond acceptors (Lipinski definition) is 2. The second kappa shape index (κ2) is 8.82. The van der Waals surface area contributed by atoms with Gasteiger partial charge in [0.15, 0.2) is 5.96 Å². The van der Waals surface area contributed by atoms with E-state index < -0.39 is 10.8 Å². The van der Waals surface area contributed by atoms with E-state index in [0.717, 1.165) is 10.9 Å². The highest BCUT2D eigenvalue weighted by atomic mass is 32.2. The van der Waals surface area contributed by atoms with Gasteiger partial charge in [-0.05, 0) is 25.0 Å². The summed E-state index contributed by atoms with van der Waals surface area (Å²) >= 11 is 0. The van der Waals surface area contributed by atoms with Crippen molar-refractivity contribution >= 4 is 16.8 Å². The molecule has 0 amide bonds. The molecular formula is C16H25N3OS. The normalized spacial score (nSPS) is 18.2. The molecule has 1 unspecified atom stereocenters. The van der Waals surface area contributed by atoms with Gasteiger partial charge >= 0.3 is 0 Å². The lowest BCUT2D eigenvalue weighted by Gasteiger charge is -2.24. The molecule has 21 heavy (non-hydrogen) atoms. The largest absolute Gasteiger partial charge is 0.355 e. The molecule has 0 saturated heterocycles. The van der Waals surface area contributed by atoms with Gasteiger partial charge < -0.3 is 10.6 Å². The zero-order chi connectivity index (χ0) is 14.9. The van der Waals surface area contributed by atoms with Crippen LogP contribution in [-0.4, -0.2) is 35.6 Å².